The van der Waals surface area contributed by atoms with Crippen LogP contribution in [0.2, 0.25) is 0 Å². The van der Waals surface area contributed by atoms with Gasteiger partial charge in [-0.15, -0.1) is 0 Å². The highest BCUT2D eigenvalue weighted by molar-refractivity contribution is 5.78. The second-order valence-electron chi connectivity index (χ2n) is 7.82. The van der Waals surface area contributed by atoms with Crippen LogP contribution in [0.5, 0.6) is 0 Å². The van der Waals surface area contributed by atoms with E-state index in [4.69, 9.17) is 0 Å². The third kappa shape index (κ3) is 4.10. The van der Waals surface area contributed by atoms with Crippen LogP contribution >= 0.6 is 0 Å². The minimum absolute atomic E-state index is 0.134. The summed E-state index contributed by atoms with van der Waals surface area (Å²) in [4.78, 5) is 38.0. The van der Waals surface area contributed by atoms with Gasteiger partial charge in [-0.25, -0.2) is 0 Å². The van der Waals surface area contributed by atoms with Gasteiger partial charge in [-0.2, -0.15) is 0 Å². The number of carbonyl (C=O) groups is 1. The molecule has 0 unspecified atom stereocenters. The molecular formula is C20H31N3O3. The Morgan fingerprint density at radius 1 is 1.08 bits per heavy atom. The third-order valence-corrected chi connectivity index (χ3v) is 5.92. The van der Waals surface area contributed by atoms with E-state index in [1.807, 2.05) is 4.90 Å². The zero-order chi connectivity index (χ0) is 18.5. The Bertz CT molecular complexity index is 679. The number of nitrogens with one attached hydrogen (secondary N) is 2. The molecule has 0 bridgehead atoms. The molecule has 1 aromatic carbocycles. The molecule has 1 aromatic rings. The molecule has 2 N–H and O–H groups in total. The molecule has 26 heavy (non-hydrogen) atoms. The molecule has 0 spiro atoms. The number of nitrogens with zero attached hydrogens (tertiary/aromatic N) is 1. The molecule has 3 rings (SSSR count). The molecule has 6 heteroatoms. The van der Waals surface area contributed by atoms with Crippen LogP contribution in [0.3, 0.4) is 0 Å². The lowest BCUT2D eigenvalue weighted by atomic mass is 9.81. The van der Waals surface area contributed by atoms with Crippen molar-refractivity contribution in [2.75, 3.05) is 36.4 Å². The van der Waals surface area contributed by atoms with E-state index in [1.54, 1.807) is 0 Å². The van der Waals surface area contributed by atoms with E-state index in [2.05, 4.69) is 17.6 Å². The van der Waals surface area contributed by atoms with Gasteiger partial charge in [0.2, 0.25) is 5.91 Å². The van der Waals surface area contributed by atoms with E-state index in [0.717, 1.165) is 77.5 Å². The highest BCUT2D eigenvalue weighted by Gasteiger charge is 2.29. The summed E-state index contributed by atoms with van der Waals surface area (Å²) in [5.74, 6) is 0.795. The lowest BCUT2D eigenvalue weighted by Gasteiger charge is -2.29. The van der Waals surface area contributed by atoms with Crippen LogP contribution < -0.4 is 26.4 Å². The summed E-state index contributed by atoms with van der Waals surface area (Å²) in [5, 5.41) is 6.28. The maximum Gasteiger partial charge on any atom is 0.253 e. The van der Waals surface area contributed by atoms with Crippen molar-refractivity contribution in [1.29, 1.82) is 0 Å². The van der Waals surface area contributed by atoms with Crippen LogP contribution in [-0.2, 0) is 4.79 Å². The van der Waals surface area contributed by atoms with Crippen molar-refractivity contribution < 1.29 is 4.79 Å². The monoisotopic (exact) mass is 361 g/mol. The fourth-order valence-corrected chi connectivity index (χ4v) is 4.19. The fourth-order valence-electron chi connectivity index (χ4n) is 4.19. The second-order valence-corrected chi connectivity index (χ2v) is 7.82. The maximum absolute atomic E-state index is 12.1. The van der Waals surface area contributed by atoms with Crippen LogP contribution in [-0.4, -0.2) is 32.1 Å². The molecule has 6 nitrogen and oxygen atoms in total. The van der Waals surface area contributed by atoms with Gasteiger partial charge in [0.1, 0.15) is 11.4 Å². The Morgan fingerprint density at radius 3 is 2.42 bits per heavy atom. The lowest BCUT2D eigenvalue weighted by molar-refractivity contribution is -0.126. The Hall–Kier alpha value is -1.85. The van der Waals surface area contributed by atoms with E-state index in [9.17, 15) is 14.4 Å². The molecule has 2 aliphatic rings. The quantitative estimate of drug-likeness (QED) is 0.547. The van der Waals surface area contributed by atoms with Crippen molar-refractivity contribution in [3.63, 3.8) is 0 Å². The number of rotatable bonds is 8. The normalized spacial score (nSPS) is 23.3. The largest absolute Gasteiger partial charge is 0.380 e. The zero-order valence-corrected chi connectivity index (χ0v) is 15.8. The van der Waals surface area contributed by atoms with Crippen molar-refractivity contribution in [2.45, 2.75) is 58.3 Å². The Balaban J connectivity index is 1.45. The first-order valence-electron chi connectivity index (χ1n) is 10.2. The van der Waals surface area contributed by atoms with Crippen molar-refractivity contribution in [1.82, 2.24) is 5.32 Å². The van der Waals surface area contributed by atoms with Gasteiger partial charge in [0.25, 0.3) is 10.9 Å². The number of carbonyl (C=O) groups excluding carboxylic acids is 1. The van der Waals surface area contributed by atoms with Crippen LogP contribution in [0.25, 0.3) is 0 Å². The van der Waals surface area contributed by atoms with Crippen molar-refractivity contribution >= 4 is 17.3 Å². The molecule has 1 amide bonds. The molecule has 0 atom stereocenters. The number of anilines is 2. The van der Waals surface area contributed by atoms with E-state index in [1.165, 1.54) is 0 Å². The molecule has 1 aliphatic carbocycles. The van der Waals surface area contributed by atoms with E-state index in [0.29, 0.717) is 17.3 Å². The van der Waals surface area contributed by atoms with E-state index in [-0.39, 0.29) is 22.7 Å². The smallest absolute Gasteiger partial charge is 0.253 e. The van der Waals surface area contributed by atoms with Gasteiger partial charge in [-0.1, -0.05) is 13.3 Å². The molecular weight excluding hydrogens is 330 g/mol. The summed E-state index contributed by atoms with van der Waals surface area (Å²) in [7, 11) is 0. The SMILES string of the molecule is CCCCNC(=O)C1CCC(CNc2c(N3CCCC3)c(=O)c2=O)CC1. The maximum atomic E-state index is 12.1. The minimum atomic E-state index is -0.365. The van der Waals surface area contributed by atoms with Gasteiger partial charge in [0.15, 0.2) is 0 Å². The van der Waals surface area contributed by atoms with Gasteiger partial charge in [-0.3, -0.25) is 14.4 Å². The first-order valence-corrected chi connectivity index (χ1v) is 10.2. The van der Waals surface area contributed by atoms with Gasteiger partial charge in [0, 0.05) is 32.1 Å². The highest BCUT2D eigenvalue weighted by Crippen LogP contribution is 2.30. The van der Waals surface area contributed by atoms with Gasteiger partial charge >= 0.3 is 0 Å². The summed E-state index contributed by atoms with van der Waals surface area (Å²) in [6.45, 7) is 5.36. The van der Waals surface area contributed by atoms with E-state index >= 15 is 0 Å². The Kier molecular flexibility index (Phi) is 6.33. The molecule has 1 aliphatic heterocycles. The fraction of sp³-hybridized carbons (Fsp3) is 0.750. The summed E-state index contributed by atoms with van der Waals surface area (Å²) < 4.78 is 0. The van der Waals surface area contributed by atoms with Crippen LogP contribution in [0.4, 0.5) is 11.4 Å². The van der Waals surface area contributed by atoms with Gasteiger partial charge in [-0.05, 0) is 50.9 Å². The predicted molar refractivity (Wildman–Crippen MR) is 105 cm³/mol. The van der Waals surface area contributed by atoms with Gasteiger partial charge in [0.05, 0.1) is 0 Å². The van der Waals surface area contributed by atoms with Crippen molar-refractivity contribution in [3.05, 3.63) is 20.4 Å². The molecule has 144 valence electrons. The second kappa shape index (κ2) is 8.69. The summed E-state index contributed by atoms with van der Waals surface area (Å²) in [6.07, 6.45) is 8.11. The summed E-state index contributed by atoms with van der Waals surface area (Å²) >= 11 is 0. The number of unbranched alkanes of at least 4 members (excludes halogenated alkanes) is 1. The van der Waals surface area contributed by atoms with Crippen LogP contribution in [0.15, 0.2) is 9.59 Å². The van der Waals surface area contributed by atoms with Crippen LogP contribution in [0, 0.1) is 11.8 Å². The van der Waals surface area contributed by atoms with Gasteiger partial charge < -0.3 is 15.5 Å². The molecule has 0 radical (unpaired) electrons. The van der Waals surface area contributed by atoms with Crippen molar-refractivity contribution in [3.8, 4) is 0 Å². The first-order chi connectivity index (χ1) is 12.6. The molecule has 2 fully saturated rings. The number of hydrogen-bond acceptors (Lipinski definition) is 5. The topological polar surface area (TPSA) is 78.5 Å². The number of amides is 1. The molecule has 1 saturated carbocycles. The average molecular weight is 361 g/mol. The molecule has 1 heterocycles. The minimum Gasteiger partial charge on any atom is -0.380 e. The first kappa shape index (κ1) is 18.9. The zero-order valence-electron chi connectivity index (χ0n) is 15.8. The standard InChI is InChI=1S/C20H31N3O3/c1-2-3-10-21-20(26)15-8-6-14(7-9-15)13-22-16-17(19(25)18(16)24)23-11-4-5-12-23/h14-15,22H,2-13H2,1H3,(H,21,26). The summed E-state index contributed by atoms with van der Waals surface area (Å²) in [5.41, 5.74) is 0.436. The molecule has 1 saturated heterocycles. The summed E-state index contributed by atoms with van der Waals surface area (Å²) in [6, 6.07) is 0. The third-order valence-electron chi connectivity index (χ3n) is 5.92. The Labute approximate surface area is 155 Å². The molecule has 0 aromatic heterocycles. The average Bonchev–Trinajstić information content (AvgIpc) is 3.18. The highest BCUT2D eigenvalue weighted by atomic mass is 16.2. The van der Waals surface area contributed by atoms with Crippen LogP contribution in [0.1, 0.15) is 58.3 Å². The van der Waals surface area contributed by atoms with E-state index < -0.39 is 0 Å². The number of hydrogen-bond donors (Lipinski definition) is 2. The Morgan fingerprint density at radius 2 is 1.77 bits per heavy atom. The predicted octanol–water partition coefficient (Wildman–Crippen LogP) is 2.02. The van der Waals surface area contributed by atoms with Crippen molar-refractivity contribution in [2.24, 2.45) is 11.8 Å². The lowest BCUT2D eigenvalue weighted by Crippen LogP contribution is -2.42.